The van der Waals surface area contributed by atoms with Crippen LogP contribution in [0.15, 0.2) is 0 Å². The summed E-state index contributed by atoms with van der Waals surface area (Å²) in [7, 11) is 1.56. The molecule has 0 aliphatic carbocycles. The van der Waals surface area contributed by atoms with Crippen LogP contribution in [0, 0.1) is 0 Å². The van der Waals surface area contributed by atoms with Gasteiger partial charge >= 0.3 is 0 Å². The minimum Gasteiger partial charge on any atom is -0.372 e. The van der Waals surface area contributed by atoms with Crippen molar-refractivity contribution < 1.29 is 9.53 Å². The van der Waals surface area contributed by atoms with Gasteiger partial charge in [-0.3, -0.25) is 4.79 Å². The Morgan fingerprint density at radius 2 is 2.27 bits per heavy atom. The second-order valence-electron chi connectivity index (χ2n) is 3.79. The molecule has 90 valence electrons. The molecule has 2 N–H and O–H groups in total. The van der Waals surface area contributed by atoms with Crippen molar-refractivity contribution in [1.82, 2.24) is 4.90 Å². The summed E-state index contributed by atoms with van der Waals surface area (Å²) in [6, 6.07) is 0.217. The summed E-state index contributed by atoms with van der Waals surface area (Å²) in [4.78, 5) is 13.7. The maximum atomic E-state index is 11.8. The third-order valence-electron chi connectivity index (χ3n) is 2.88. The van der Waals surface area contributed by atoms with Gasteiger partial charge in [0.15, 0.2) is 0 Å². The van der Waals surface area contributed by atoms with Gasteiger partial charge < -0.3 is 15.4 Å². The number of ether oxygens (including phenoxy) is 1. The average molecular weight is 237 g/mol. The van der Waals surface area contributed by atoms with Crippen molar-refractivity contribution in [2.45, 2.75) is 38.3 Å². The molecule has 1 amide bonds. The van der Waals surface area contributed by atoms with Gasteiger partial charge in [0.05, 0.1) is 0 Å². The van der Waals surface area contributed by atoms with Crippen molar-refractivity contribution in [3.8, 4) is 0 Å². The van der Waals surface area contributed by atoms with Crippen molar-refractivity contribution in [3.63, 3.8) is 0 Å². The molecule has 2 unspecified atom stereocenters. The molecule has 0 bridgehead atoms. The van der Waals surface area contributed by atoms with Crippen LogP contribution in [0.4, 0.5) is 0 Å². The molecule has 0 aromatic rings. The lowest BCUT2D eigenvalue weighted by molar-refractivity contribution is -0.144. The quantitative estimate of drug-likeness (QED) is 0.788. The summed E-state index contributed by atoms with van der Waals surface area (Å²) in [6.07, 6.45) is 2.94. The molecule has 0 aromatic heterocycles. The second-order valence-corrected chi connectivity index (χ2v) is 3.79. The van der Waals surface area contributed by atoms with E-state index in [1.165, 1.54) is 6.42 Å². The summed E-state index contributed by atoms with van der Waals surface area (Å²) < 4.78 is 5.03. The zero-order valence-corrected chi connectivity index (χ0v) is 10.3. The van der Waals surface area contributed by atoms with Crippen LogP contribution in [-0.4, -0.2) is 43.2 Å². The molecule has 1 heterocycles. The van der Waals surface area contributed by atoms with E-state index in [-0.39, 0.29) is 30.5 Å². The fraction of sp³-hybridized carbons (Fsp3) is 0.900. The van der Waals surface area contributed by atoms with Gasteiger partial charge in [0.2, 0.25) is 0 Å². The number of rotatable bonds is 3. The predicted octanol–water partition coefficient (Wildman–Crippen LogP) is 0.783. The number of piperidine rings is 1. The first-order valence-electron chi connectivity index (χ1n) is 5.24. The summed E-state index contributed by atoms with van der Waals surface area (Å²) in [5.41, 5.74) is 5.64. The van der Waals surface area contributed by atoms with Crippen LogP contribution in [0.5, 0.6) is 0 Å². The Bertz CT molecular complexity index is 202. The van der Waals surface area contributed by atoms with E-state index < -0.39 is 0 Å². The molecule has 0 saturated carbocycles. The number of amides is 1. The van der Waals surface area contributed by atoms with E-state index in [2.05, 4.69) is 0 Å². The number of hydrogen-bond acceptors (Lipinski definition) is 3. The number of methoxy groups -OCH3 is 1. The molecule has 15 heavy (non-hydrogen) atoms. The highest BCUT2D eigenvalue weighted by molar-refractivity contribution is 5.85. The SMILES string of the molecule is COC(C)C(=O)N1CCCCC1CN.Cl. The van der Waals surface area contributed by atoms with Gasteiger partial charge in [0.1, 0.15) is 6.10 Å². The van der Waals surface area contributed by atoms with Gasteiger partial charge in [-0.05, 0) is 26.2 Å². The van der Waals surface area contributed by atoms with Crippen LogP contribution in [-0.2, 0) is 9.53 Å². The molecular formula is C10H21ClN2O2. The van der Waals surface area contributed by atoms with Crippen molar-refractivity contribution in [3.05, 3.63) is 0 Å². The third-order valence-corrected chi connectivity index (χ3v) is 2.88. The smallest absolute Gasteiger partial charge is 0.251 e. The van der Waals surface area contributed by atoms with E-state index in [0.29, 0.717) is 6.54 Å². The minimum atomic E-state index is -0.345. The van der Waals surface area contributed by atoms with E-state index >= 15 is 0 Å². The van der Waals surface area contributed by atoms with E-state index in [4.69, 9.17) is 10.5 Å². The Labute approximate surface area is 97.5 Å². The van der Waals surface area contributed by atoms with Crippen molar-refractivity contribution in [2.24, 2.45) is 5.73 Å². The van der Waals surface area contributed by atoms with Crippen LogP contribution in [0.1, 0.15) is 26.2 Å². The Kier molecular flexibility index (Phi) is 6.89. The lowest BCUT2D eigenvalue weighted by atomic mass is 10.0. The number of halogens is 1. The first kappa shape index (κ1) is 14.7. The molecule has 0 radical (unpaired) electrons. The van der Waals surface area contributed by atoms with Crippen molar-refractivity contribution in [1.29, 1.82) is 0 Å². The Balaban J connectivity index is 0.00000196. The summed E-state index contributed by atoms with van der Waals surface area (Å²) in [6.45, 7) is 3.17. The second kappa shape index (κ2) is 7.04. The lowest BCUT2D eigenvalue weighted by Crippen LogP contribution is -2.50. The third kappa shape index (κ3) is 3.63. The van der Waals surface area contributed by atoms with E-state index in [9.17, 15) is 4.79 Å². The fourth-order valence-electron chi connectivity index (χ4n) is 1.87. The Morgan fingerprint density at radius 1 is 1.60 bits per heavy atom. The van der Waals surface area contributed by atoms with Crippen LogP contribution >= 0.6 is 12.4 Å². The molecule has 1 rings (SSSR count). The number of nitrogens with zero attached hydrogens (tertiary/aromatic N) is 1. The molecule has 0 aromatic carbocycles. The van der Waals surface area contributed by atoms with Crippen LogP contribution < -0.4 is 5.73 Å². The molecule has 1 saturated heterocycles. The molecule has 1 fully saturated rings. The van der Waals surface area contributed by atoms with E-state index in [1.807, 2.05) is 4.90 Å². The standard InChI is InChI=1S/C10H20N2O2.ClH/c1-8(14-2)10(13)12-6-4-3-5-9(12)7-11;/h8-9H,3-7,11H2,1-2H3;1H. The Morgan fingerprint density at radius 3 is 2.80 bits per heavy atom. The van der Waals surface area contributed by atoms with Gasteiger partial charge in [0, 0.05) is 26.2 Å². The summed E-state index contributed by atoms with van der Waals surface area (Å²) in [5.74, 6) is 0.0719. The highest BCUT2D eigenvalue weighted by atomic mass is 35.5. The van der Waals surface area contributed by atoms with Gasteiger partial charge in [0.25, 0.3) is 5.91 Å². The normalized spacial score (nSPS) is 23.1. The van der Waals surface area contributed by atoms with Gasteiger partial charge in [-0.15, -0.1) is 12.4 Å². The fourth-order valence-corrected chi connectivity index (χ4v) is 1.87. The number of nitrogens with two attached hydrogens (primary N) is 1. The van der Waals surface area contributed by atoms with Crippen LogP contribution in [0.2, 0.25) is 0 Å². The number of carbonyl (C=O) groups is 1. The molecule has 1 aliphatic heterocycles. The van der Waals surface area contributed by atoms with Gasteiger partial charge in [-0.25, -0.2) is 0 Å². The van der Waals surface area contributed by atoms with Gasteiger partial charge in [-0.1, -0.05) is 0 Å². The van der Waals surface area contributed by atoms with Crippen molar-refractivity contribution in [2.75, 3.05) is 20.2 Å². The zero-order valence-electron chi connectivity index (χ0n) is 9.44. The number of hydrogen-bond donors (Lipinski definition) is 1. The molecule has 5 heteroatoms. The molecule has 4 nitrogen and oxygen atoms in total. The summed E-state index contributed by atoms with van der Waals surface area (Å²) >= 11 is 0. The first-order valence-corrected chi connectivity index (χ1v) is 5.24. The molecular weight excluding hydrogens is 216 g/mol. The zero-order chi connectivity index (χ0) is 10.6. The average Bonchev–Trinajstić information content (AvgIpc) is 2.26. The molecule has 1 aliphatic rings. The van der Waals surface area contributed by atoms with Crippen LogP contribution in [0.3, 0.4) is 0 Å². The topological polar surface area (TPSA) is 55.6 Å². The summed E-state index contributed by atoms with van der Waals surface area (Å²) in [5, 5.41) is 0. The lowest BCUT2D eigenvalue weighted by Gasteiger charge is -2.36. The molecule has 0 spiro atoms. The maximum absolute atomic E-state index is 11.8. The predicted molar refractivity (Wildman–Crippen MR) is 62.1 cm³/mol. The molecule has 2 atom stereocenters. The van der Waals surface area contributed by atoms with Crippen molar-refractivity contribution >= 4 is 18.3 Å². The number of likely N-dealkylation sites (tertiary alicyclic amines) is 1. The Hall–Kier alpha value is -0.320. The van der Waals surface area contributed by atoms with E-state index in [0.717, 1.165) is 19.4 Å². The van der Waals surface area contributed by atoms with E-state index in [1.54, 1.807) is 14.0 Å². The highest BCUT2D eigenvalue weighted by Gasteiger charge is 2.28. The number of carbonyl (C=O) groups excluding carboxylic acids is 1. The van der Waals surface area contributed by atoms with Gasteiger partial charge in [-0.2, -0.15) is 0 Å². The first-order chi connectivity index (χ1) is 6.70. The monoisotopic (exact) mass is 236 g/mol. The van der Waals surface area contributed by atoms with Crippen LogP contribution in [0.25, 0.3) is 0 Å². The minimum absolute atomic E-state index is 0. The largest absolute Gasteiger partial charge is 0.372 e. The highest BCUT2D eigenvalue weighted by Crippen LogP contribution is 2.17. The maximum Gasteiger partial charge on any atom is 0.251 e.